The maximum atomic E-state index is 12.5. The smallest absolute Gasteiger partial charge is 0.291 e. The van der Waals surface area contributed by atoms with E-state index in [1.54, 1.807) is 48.5 Å². The Hall–Kier alpha value is -3.56. The van der Waals surface area contributed by atoms with Gasteiger partial charge in [0.15, 0.2) is 22.4 Å². The number of rotatable bonds is 4. The van der Waals surface area contributed by atoms with Gasteiger partial charge in [-0.1, -0.05) is 11.6 Å². The van der Waals surface area contributed by atoms with E-state index in [0.29, 0.717) is 41.7 Å². The molecule has 3 aromatic rings. The predicted molar refractivity (Wildman–Crippen MR) is 119 cm³/mol. The van der Waals surface area contributed by atoms with Crippen LogP contribution in [0.3, 0.4) is 0 Å². The zero-order valence-electron chi connectivity index (χ0n) is 15.9. The third-order valence-electron chi connectivity index (χ3n) is 4.25. The van der Waals surface area contributed by atoms with Crippen molar-refractivity contribution in [2.75, 3.05) is 23.8 Å². The molecule has 4 rings (SSSR count). The Morgan fingerprint density at radius 2 is 1.74 bits per heavy atom. The molecule has 1 aromatic heterocycles. The molecular formula is C21H16ClN3O5S. The average molecular weight is 458 g/mol. The monoisotopic (exact) mass is 457 g/mol. The van der Waals surface area contributed by atoms with Gasteiger partial charge in [0.2, 0.25) is 0 Å². The summed E-state index contributed by atoms with van der Waals surface area (Å²) in [6.07, 6.45) is 1.41. The Bertz CT molecular complexity index is 1150. The summed E-state index contributed by atoms with van der Waals surface area (Å²) < 4.78 is 16.0. The number of halogens is 1. The van der Waals surface area contributed by atoms with E-state index in [-0.39, 0.29) is 15.9 Å². The minimum Gasteiger partial charge on any atom is -0.486 e. The highest BCUT2D eigenvalue weighted by atomic mass is 35.5. The summed E-state index contributed by atoms with van der Waals surface area (Å²) in [5.74, 6) is 0.452. The summed E-state index contributed by atoms with van der Waals surface area (Å²) in [5, 5.41) is 8.50. The van der Waals surface area contributed by atoms with Gasteiger partial charge in [-0.05, 0) is 60.7 Å². The number of fused-ring (bicyclic) bond motifs is 1. The van der Waals surface area contributed by atoms with E-state index in [0.717, 1.165) is 0 Å². The molecular weight excluding hydrogens is 442 g/mol. The molecule has 0 aliphatic carbocycles. The Morgan fingerprint density at radius 3 is 2.48 bits per heavy atom. The van der Waals surface area contributed by atoms with Crippen LogP contribution in [-0.4, -0.2) is 30.1 Å². The molecule has 0 atom stereocenters. The molecule has 158 valence electrons. The van der Waals surface area contributed by atoms with Crippen molar-refractivity contribution in [1.82, 2.24) is 5.32 Å². The molecule has 31 heavy (non-hydrogen) atoms. The molecule has 0 radical (unpaired) electrons. The van der Waals surface area contributed by atoms with Gasteiger partial charge in [-0.25, -0.2) is 0 Å². The second-order valence-corrected chi connectivity index (χ2v) is 7.21. The molecule has 8 nitrogen and oxygen atoms in total. The topological polar surface area (TPSA) is 102 Å². The summed E-state index contributed by atoms with van der Waals surface area (Å²) in [7, 11) is 0. The number of hydrogen-bond donors (Lipinski definition) is 3. The first-order chi connectivity index (χ1) is 15.0. The molecule has 0 bridgehead atoms. The molecule has 10 heteroatoms. The van der Waals surface area contributed by atoms with E-state index >= 15 is 0 Å². The standard InChI is InChI=1S/C21H16ClN3O5S/c22-14-11-13(4-5-15(14)24-20(27)17-2-1-7-28-17)23-21(31)25-19(26)12-3-6-16-18(10-12)30-9-8-29-16/h1-7,10-11H,8-9H2,(H,24,27)(H2,23,25,26,31). The van der Waals surface area contributed by atoms with E-state index in [9.17, 15) is 9.59 Å². The highest BCUT2D eigenvalue weighted by Gasteiger charge is 2.16. The first kappa shape index (κ1) is 20.7. The average Bonchev–Trinajstić information content (AvgIpc) is 3.30. The Labute approximate surface area is 187 Å². The van der Waals surface area contributed by atoms with Crippen LogP contribution in [0.25, 0.3) is 0 Å². The fourth-order valence-corrected chi connectivity index (χ4v) is 3.25. The molecule has 0 unspecified atom stereocenters. The molecule has 1 aliphatic heterocycles. The van der Waals surface area contributed by atoms with E-state index in [4.69, 9.17) is 37.7 Å². The molecule has 2 heterocycles. The van der Waals surface area contributed by atoms with Crippen LogP contribution < -0.4 is 25.4 Å². The lowest BCUT2D eigenvalue weighted by molar-refractivity contribution is 0.0973. The van der Waals surface area contributed by atoms with Gasteiger partial charge in [0, 0.05) is 11.3 Å². The fraction of sp³-hybridized carbons (Fsp3) is 0.0952. The summed E-state index contributed by atoms with van der Waals surface area (Å²) in [5.41, 5.74) is 1.32. The highest BCUT2D eigenvalue weighted by Crippen LogP contribution is 2.30. The van der Waals surface area contributed by atoms with Gasteiger partial charge in [0.1, 0.15) is 13.2 Å². The Morgan fingerprint density at radius 1 is 0.935 bits per heavy atom. The molecule has 0 saturated heterocycles. The van der Waals surface area contributed by atoms with Gasteiger partial charge in [0.05, 0.1) is 17.0 Å². The quantitative estimate of drug-likeness (QED) is 0.507. The van der Waals surface area contributed by atoms with Crippen molar-refractivity contribution in [3.8, 4) is 11.5 Å². The second kappa shape index (κ2) is 9.07. The normalized spacial score (nSPS) is 12.0. The zero-order chi connectivity index (χ0) is 21.8. The number of ether oxygens (including phenoxy) is 2. The summed E-state index contributed by atoms with van der Waals surface area (Å²) in [6, 6.07) is 12.9. The third kappa shape index (κ3) is 4.96. The highest BCUT2D eigenvalue weighted by molar-refractivity contribution is 7.80. The van der Waals surface area contributed by atoms with E-state index < -0.39 is 11.8 Å². The van der Waals surface area contributed by atoms with E-state index in [2.05, 4.69) is 16.0 Å². The summed E-state index contributed by atoms with van der Waals surface area (Å²) in [6.45, 7) is 0.900. The lowest BCUT2D eigenvalue weighted by atomic mass is 10.2. The number of carbonyl (C=O) groups excluding carboxylic acids is 2. The van der Waals surface area contributed by atoms with Crippen LogP contribution in [0.1, 0.15) is 20.9 Å². The van der Waals surface area contributed by atoms with Crippen molar-refractivity contribution in [2.24, 2.45) is 0 Å². The van der Waals surface area contributed by atoms with Crippen LogP contribution >= 0.6 is 23.8 Å². The lowest BCUT2D eigenvalue weighted by Crippen LogP contribution is -2.34. The van der Waals surface area contributed by atoms with Crippen LogP contribution in [0.2, 0.25) is 5.02 Å². The number of hydrogen-bond acceptors (Lipinski definition) is 6. The number of thiocarbonyl (C=S) groups is 1. The minimum absolute atomic E-state index is 0.0864. The van der Waals surface area contributed by atoms with Crippen molar-refractivity contribution in [1.29, 1.82) is 0 Å². The molecule has 0 saturated carbocycles. The number of nitrogens with one attached hydrogen (secondary N) is 3. The first-order valence-corrected chi connectivity index (χ1v) is 9.94. The van der Waals surface area contributed by atoms with Gasteiger partial charge in [-0.15, -0.1) is 0 Å². The molecule has 0 fully saturated rings. The minimum atomic E-state index is -0.421. The van der Waals surface area contributed by atoms with Crippen LogP contribution in [-0.2, 0) is 0 Å². The van der Waals surface area contributed by atoms with Crippen molar-refractivity contribution < 1.29 is 23.5 Å². The largest absolute Gasteiger partial charge is 0.486 e. The number of anilines is 2. The molecule has 3 N–H and O–H groups in total. The maximum absolute atomic E-state index is 12.5. The number of benzene rings is 2. The third-order valence-corrected chi connectivity index (χ3v) is 4.77. The Kier molecular flexibility index (Phi) is 6.06. The first-order valence-electron chi connectivity index (χ1n) is 9.16. The van der Waals surface area contributed by atoms with Crippen molar-refractivity contribution in [2.45, 2.75) is 0 Å². The number of amides is 2. The summed E-state index contributed by atoms with van der Waals surface area (Å²) in [4.78, 5) is 24.5. The lowest BCUT2D eigenvalue weighted by Gasteiger charge is -2.18. The zero-order valence-corrected chi connectivity index (χ0v) is 17.5. The van der Waals surface area contributed by atoms with Crippen LogP contribution in [0.4, 0.5) is 11.4 Å². The van der Waals surface area contributed by atoms with Gasteiger partial charge in [-0.2, -0.15) is 0 Å². The second-order valence-electron chi connectivity index (χ2n) is 6.39. The SMILES string of the molecule is O=C(NC(=S)Nc1ccc(NC(=O)c2ccco2)c(Cl)c1)c1ccc2c(c1)OCCO2. The molecule has 2 aromatic carbocycles. The van der Waals surface area contributed by atoms with E-state index in [1.807, 2.05) is 0 Å². The van der Waals surface area contributed by atoms with Gasteiger partial charge >= 0.3 is 0 Å². The number of furan rings is 1. The fourth-order valence-electron chi connectivity index (χ4n) is 2.81. The summed E-state index contributed by atoms with van der Waals surface area (Å²) >= 11 is 11.5. The van der Waals surface area contributed by atoms with Crippen molar-refractivity contribution >= 4 is 52.1 Å². The molecule has 1 aliphatic rings. The van der Waals surface area contributed by atoms with Gasteiger partial charge in [0.25, 0.3) is 11.8 Å². The molecule has 2 amide bonds. The van der Waals surface area contributed by atoms with Crippen LogP contribution in [0.5, 0.6) is 11.5 Å². The Balaban J connectivity index is 1.36. The van der Waals surface area contributed by atoms with Gasteiger partial charge < -0.3 is 24.5 Å². The van der Waals surface area contributed by atoms with Crippen molar-refractivity contribution in [3.05, 3.63) is 71.1 Å². The van der Waals surface area contributed by atoms with Crippen molar-refractivity contribution in [3.63, 3.8) is 0 Å². The van der Waals surface area contributed by atoms with Crippen LogP contribution in [0.15, 0.2) is 59.2 Å². The van der Waals surface area contributed by atoms with Crippen LogP contribution in [0, 0.1) is 0 Å². The maximum Gasteiger partial charge on any atom is 0.291 e. The van der Waals surface area contributed by atoms with E-state index in [1.165, 1.54) is 6.26 Å². The number of carbonyl (C=O) groups is 2. The van der Waals surface area contributed by atoms with Gasteiger partial charge in [-0.3, -0.25) is 14.9 Å². The molecule has 0 spiro atoms. The predicted octanol–water partition coefficient (Wildman–Crippen LogP) is 4.08.